The van der Waals surface area contributed by atoms with Crippen LogP contribution in [0.5, 0.6) is 5.75 Å². The first-order valence-corrected chi connectivity index (χ1v) is 10.2. The Bertz CT molecular complexity index is 1010. The number of esters is 2. The second-order valence-corrected chi connectivity index (χ2v) is 8.63. The Labute approximate surface area is 185 Å². The van der Waals surface area contributed by atoms with Gasteiger partial charge in [-0.3, -0.25) is 9.59 Å². The molecule has 0 aromatic heterocycles. The number of fused-ring (bicyclic) bond motifs is 1. The highest BCUT2D eigenvalue weighted by Crippen LogP contribution is 2.37. The average molecular weight is 442 g/mol. The van der Waals surface area contributed by atoms with Crippen LogP contribution < -0.4 is 4.65 Å². The molecular formula is C23H24BFO7. The Balaban J connectivity index is 1.66. The van der Waals surface area contributed by atoms with Gasteiger partial charge in [0.2, 0.25) is 6.79 Å². The average Bonchev–Trinajstić information content (AvgIpc) is 2.73. The van der Waals surface area contributed by atoms with Gasteiger partial charge in [-0.15, -0.1) is 0 Å². The van der Waals surface area contributed by atoms with E-state index in [0.717, 1.165) is 0 Å². The van der Waals surface area contributed by atoms with E-state index >= 15 is 0 Å². The van der Waals surface area contributed by atoms with Gasteiger partial charge in [0, 0.05) is 17.8 Å². The molecule has 0 aliphatic carbocycles. The molecule has 1 aliphatic heterocycles. The summed E-state index contributed by atoms with van der Waals surface area (Å²) in [5, 5.41) is 10.4. The monoisotopic (exact) mass is 442 g/mol. The lowest BCUT2D eigenvalue weighted by atomic mass is 9.64. The van der Waals surface area contributed by atoms with E-state index in [9.17, 15) is 23.8 Å². The molecule has 7 nitrogen and oxygen atoms in total. The molecule has 0 spiro atoms. The topological polar surface area (TPSA) is 99.1 Å². The van der Waals surface area contributed by atoms with E-state index in [4.69, 9.17) is 14.1 Å². The van der Waals surface area contributed by atoms with E-state index in [1.807, 2.05) is 0 Å². The Morgan fingerprint density at radius 2 is 1.81 bits per heavy atom. The van der Waals surface area contributed by atoms with Crippen molar-refractivity contribution in [3.05, 3.63) is 65.0 Å². The second kappa shape index (κ2) is 9.52. The number of ketones is 1. The van der Waals surface area contributed by atoms with Crippen molar-refractivity contribution >= 4 is 24.8 Å². The molecule has 0 amide bonds. The first kappa shape index (κ1) is 23.5. The number of carbonyl (C=O) groups is 3. The predicted octanol–water partition coefficient (Wildman–Crippen LogP) is 3.59. The lowest BCUT2D eigenvalue weighted by Crippen LogP contribution is -2.36. The fraction of sp³-hybridized carbons (Fsp3) is 0.348. The van der Waals surface area contributed by atoms with Crippen molar-refractivity contribution in [2.24, 2.45) is 5.41 Å². The molecule has 2 aromatic rings. The zero-order valence-corrected chi connectivity index (χ0v) is 18.1. The van der Waals surface area contributed by atoms with Gasteiger partial charge >= 0.3 is 19.1 Å². The Morgan fingerprint density at radius 3 is 2.47 bits per heavy atom. The van der Waals surface area contributed by atoms with Crippen molar-refractivity contribution in [3.8, 4) is 5.75 Å². The van der Waals surface area contributed by atoms with Crippen LogP contribution >= 0.6 is 0 Å². The molecule has 2 aromatic carbocycles. The van der Waals surface area contributed by atoms with Gasteiger partial charge in [-0.1, -0.05) is 12.1 Å². The van der Waals surface area contributed by atoms with Crippen LogP contribution in [0.3, 0.4) is 0 Å². The van der Waals surface area contributed by atoms with Gasteiger partial charge in [0.05, 0.1) is 5.41 Å². The number of rotatable bonds is 6. The molecule has 0 radical (unpaired) electrons. The number of hydrogen-bond donors (Lipinski definition) is 1. The van der Waals surface area contributed by atoms with E-state index in [1.54, 1.807) is 32.9 Å². The van der Waals surface area contributed by atoms with Gasteiger partial charge in [-0.2, -0.15) is 0 Å². The number of ether oxygens (including phenoxy) is 2. The molecule has 1 N–H and O–H groups in total. The summed E-state index contributed by atoms with van der Waals surface area (Å²) in [4.78, 5) is 36.7. The lowest BCUT2D eigenvalue weighted by molar-refractivity contribution is -0.161. The first-order chi connectivity index (χ1) is 15.1. The van der Waals surface area contributed by atoms with Crippen LogP contribution in [-0.4, -0.2) is 36.7 Å². The summed E-state index contributed by atoms with van der Waals surface area (Å²) in [5.41, 5.74) is 0.322. The van der Waals surface area contributed by atoms with E-state index in [1.165, 1.54) is 30.3 Å². The number of halogens is 1. The molecule has 1 aliphatic rings. The number of para-hydroxylation sites is 1. The Hall–Kier alpha value is -3.20. The maximum Gasteiger partial charge on any atom is 0.526 e. The van der Waals surface area contributed by atoms with Crippen molar-refractivity contribution in [1.82, 2.24) is 0 Å². The van der Waals surface area contributed by atoms with Gasteiger partial charge in [-0.25, -0.2) is 9.18 Å². The SMILES string of the molecule is CC(C)(C)C(=O)OCOC(=O)c1cccc2c1OB(O)[C@@H](CC(=O)c1ccc(F)cc1)C2. The summed E-state index contributed by atoms with van der Waals surface area (Å²) in [5.74, 6) is -2.35. The maximum atomic E-state index is 13.1. The van der Waals surface area contributed by atoms with E-state index in [-0.39, 0.29) is 23.5 Å². The minimum absolute atomic E-state index is 0.0103. The summed E-state index contributed by atoms with van der Waals surface area (Å²) in [7, 11) is -1.32. The largest absolute Gasteiger partial charge is 0.535 e. The lowest BCUT2D eigenvalue weighted by Gasteiger charge is -2.28. The fourth-order valence-corrected chi connectivity index (χ4v) is 3.24. The second-order valence-electron chi connectivity index (χ2n) is 8.63. The van der Waals surface area contributed by atoms with Crippen LogP contribution in [0.4, 0.5) is 4.39 Å². The zero-order chi connectivity index (χ0) is 23.5. The van der Waals surface area contributed by atoms with Crippen LogP contribution in [0.15, 0.2) is 42.5 Å². The van der Waals surface area contributed by atoms with Crippen molar-refractivity contribution in [1.29, 1.82) is 0 Å². The van der Waals surface area contributed by atoms with Crippen molar-refractivity contribution < 1.29 is 37.9 Å². The van der Waals surface area contributed by atoms with E-state index < -0.39 is 42.9 Å². The quantitative estimate of drug-likeness (QED) is 0.316. The summed E-state index contributed by atoms with van der Waals surface area (Å²) in [6.45, 7) is 4.49. The van der Waals surface area contributed by atoms with Gasteiger partial charge in [0.1, 0.15) is 17.1 Å². The van der Waals surface area contributed by atoms with Crippen LogP contribution in [0.1, 0.15) is 53.5 Å². The molecule has 0 fully saturated rings. The summed E-state index contributed by atoms with van der Waals surface area (Å²) < 4.78 is 28.6. The molecule has 1 heterocycles. The summed E-state index contributed by atoms with van der Waals surface area (Å²) in [6, 6.07) is 10.0. The van der Waals surface area contributed by atoms with Gasteiger partial charge in [0.25, 0.3) is 0 Å². The molecular weight excluding hydrogens is 418 g/mol. The van der Waals surface area contributed by atoms with Crippen molar-refractivity contribution in [2.45, 2.75) is 39.4 Å². The summed E-state index contributed by atoms with van der Waals surface area (Å²) >= 11 is 0. The molecule has 0 unspecified atom stereocenters. The standard InChI is InChI=1S/C23H24BFO7/c1-23(2,3)22(28)31-13-30-21(27)18-6-4-5-15-11-16(24(29)32-20(15)18)12-19(26)14-7-9-17(25)10-8-14/h4-10,16,29H,11-13H2,1-3H3/t16-/m1/s1. The third kappa shape index (κ3) is 5.53. The van der Waals surface area contributed by atoms with Crippen molar-refractivity contribution in [2.75, 3.05) is 6.79 Å². The Kier molecular flexibility index (Phi) is 6.98. The van der Waals surface area contributed by atoms with Gasteiger partial charge < -0.3 is 19.2 Å². The Morgan fingerprint density at radius 1 is 1.12 bits per heavy atom. The molecule has 0 saturated heterocycles. The number of carbonyl (C=O) groups excluding carboxylic acids is 3. The van der Waals surface area contributed by atoms with Gasteiger partial charge in [-0.05, 0) is 63.1 Å². The maximum absolute atomic E-state index is 13.1. The highest BCUT2D eigenvalue weighted by Gasteiger charge is 2.38. The smallest absolute Gasteiger partial charge is 0.526 e. The minimum atomic E-state index is -1.32. The fourth-order valence-electron chi connectivity index (χ4n) is 3.24. The van der Waals surface area contributed by atoms with E-state index in [2.05, 4.69) is 0 Å². The van der Waals surface area contributed by atoms with Crippen LogP contribution in [-0.2, 0) is 20.7 Å². The van der Waals surface area contributed by atoms with E-state index in [0.29, 0.717) is 17.5 Å². The normalized spacial score (nSPS) is 15.4. The number of hydrogen-bond acceptors (Lipinski definition) is 7. The van der Waals surface area contributed by atoms with Crippen LogP contribution in [0.2, 0.25) is 5.82 Å². The third-order valence-corrected chi connectivity index (χ3v) is 5.05. The molecule has 32 heavy (non-hydrogen) atoms. The highest BCUT2D eigenvalue weighted by molar-refractivity contribution is 6.47. The van der Waals surface area contributed by atoms with Gasteiger partial charge in [0.15, 0.2) is 5.78 Å². The molecule has 0 bridgehead atoms. The molecule has 168 valence electrons. The zero-order valence-electron chi connectivity index (χ0n) is 18.1. The third-order valence-electron chi connectivity index (χ3n) is 5.05. The van der Waals surface area contributed by atoms with Crippen LogP contribution in [0.25, 0.3) is 0 Å². The number of benzene rings is 2. The van der Waals surface area contributed by atoms with Crippen molar-refractivity contribution in [3.63, 3.8) is 0 Å². The molecule has 0 saturated carbocycles. The molecule has 3 rings (SSSR count). The molecule has 1 atom stereocenters. The first-order valence-electron chi connectivity index (χ1n) is 10.2. The summed E-state index contributed by atoms with van der Waals surface area (Å²) in [6.07, 6.45) is 0.285. The number of Topliss-reactive ketones (excluding diaryl/α,β-unsaturated/α-hetero) is 1. The predicted molar refractivity (Wildman–Crippen MR) is 114 cm³/mol. The van der Waals surface area contributed by atoms with Crippen LogP contribution in [0, 0.1) is 11.2 Å². The highest BCUT2D eigenvalue weighted by atomic mass is 19.1. The minimum Gasteiger partial charge on any atom is -0.535 e. The molecule has 9 heteroatoms.